The number of hydrogen-bond donors (Lipinski definition) is 2. The van der Waals surface area contributed by atoms with Crippen LogP contribution in [0.2, 0.25) is 0 Å². The standard InChI is InChI=1S/C21H23FN4O/c1-14-2-7-18-19(12-14)25-21(24-18)26-10-8-16(9-11-26)20(27)23-13-15-3-5-17(22)6-4-15/h2-7,12,16H,8-11,13H2,1H3,(H,23,27)(H,24,25)/p+1. The first-order valence-corrected chi connectivity index (χ1v) is 9.37. The molecule has 2 heterocycles. The first kappa shape index (κ1) is 17.5. The van der Waals surface area contributed by atoms with Gasteiger partial charge in [0.2, 0.25) is 5.91 Å². The molecule has 1 aliphatic rings. The van der Waals surface area contributed by atoms with Crippen molar-refractivity contribution in [2.24, 2.45) is 5.92 Å². The van der Waals surface area contributed by atoms with E-state index in [2.05, 4.69) is 45.3 Å². The van der Waals surface area contributed by atoms with Crippen molar-refractivity contribution in [1.29, 1.82) is 0 Å². The van der Waals surface area contributed by atoms with E-state index in [1.54, 1.807) is 12.1 Å². The van der Waals surface area contributed by atoms with Gasteiger partial charge in [0.25, 0.3) is 0 Å². The number of amides is 1. The number of nitrogens with one attached hydrogen (secondary N) is 3. The molecule has 1 aromatic heterocycles. The van der Waals surface area contributed by atoms with Crippen LogP contribution in [-0.2, 0) is 11.3 Å². The Hall–Kier alpha value is -2.89. The predicted molar refractivity (Wildman–Crippen MR) is 103 cm³/mol. The highest BCUT2D eigenvalue weighted by molar-refractivity contribution is 5.79. The quantitative estimate of drug-likeness (QED) is 0.745. The number of carbonyl (C=O) groups is 1. The Labute approximate surface area is 157 Å². The third kappa shape index (κ3) is 3.94. The fraction of sp³-hybridized carbons (Fsp3) is 0.333. The summed E-state index contributed by atoms with van der Waals surface area (Å²) in [6, 6.07) is 12.5. The summed E-state index contributed by atoms with van der Waals surface area (Å²) in [4.78, 5) is 21.6. The summed E-state index contributed by atoms with van der Waals surface area (Å²) in [5, 5.41) is 2.97. The Kier molecular flexibility index (Phi) is 4.79. The van der Waals surface area contributed by atoms with Crippen LogP contribution in [-0.4, -0.2) is 24.0 Å². The summed E-state index contributed by atoms with van der Waals surface area (Å²) in [5.41, 5.74) is 4.32. The van der Waals surface area contributed by atoms with Gasteiger partial charge >= 0.3 is 5.95 Å². The van der Waals surface area contributed by atoms with Gasteiger partial charge in [0.1, 0.15) is 16.9 Å². The number of piperidine rings is 1. The SMILES string of the molecule is Cc1ccc2[nH+]c(N3CCC(C(=O)NCc4ccc(F)cc4)CC3)[nH]c2c1. The minimum Gasteiger partial charge on any atom is -0.352 e. The van der Waals surface area contributed by atoms with Gasteiger partial charge in [-0.15, -0.1) is 0 Å². The second kappa shape index (κ2) is 7.39. The lowest BCUT2D eigenvalue weighted by Gasteiger charge is -2.26. The number of H-pyrrole nitrogens is 2. The van der Waals surface area contributed by atoms with E-state index in [1.807, 2.05) is 0 Å². The third-order valence-electron chi connectivity index (χ3n) is 5.24. The van der Waals surface area contributed by atoms with Gasteiger partial charge in [-0.2, -0.15) is 0 Å². The lowest BCUT2D eigenvalue weighted by atomic mass is 9.96. The van der Waals surface area contributed by atoms with Crippen LogP contribution in [0.3, 0.4) is 0 Å². The third-order valence-corrected chi connectivity index (χ3v) is 5.24. The van der Waals surface area contributed by atoms with Gasteiger partial charge in [-0.25, -0.2) is 14.4 Å². The second-order valence-corrected chi connectivity index (χ2v) is 7.25. The maximum absolute atomic E-state index is 12.9. The van der Waals surface area contributed by atoms with Gasteiger partial charge in [0.05, 0.1) is 13.1 Å². The van der Waals surface area contributed by atoms with Crippen LogP contribution < -0.4 is 15.2 Å². The van der Waals surface area contributed by atoms with E-state index in [4.69, 9.17) is 0 Å². The fourth-order valence-electron chi connectivity index (χ4n) is 3.62. The molecule has 0 aliphatic carbocycles. The number of anilines is 1. The van der Waals surface area contributed by atoms with Crippen molar-refractivity contribution >= 4 is 22.9 Å². The molecule has 0 spiro atoms. The zero-order valence-corrected chi connectivity index (χ0v) is 15.4. The van der Waals surface area contributed by atoms with Crippen LogP contribution in [0.5, 0.6) is 0 Å². The van der Waals surface area contributed by atoms with Gasteiger partial charge in [-0.3, -0.25) is 9.69 Å². The van der Waals surface area contributed by atoms with Crippen LogP contribution >= 0.6 is 0 Å². The first-order chi connectivity index (χ1) is 13.1. The van der Waals surface area contributed by atoms with Crippen molar-refractivity contribution in [3.63, 3.8) is 0 Å². The molecule has 0 atom stereocenters. The average Bonchev–Trinajstić information content (AvgIpc) is 3.10. The van der Waals surface area contributed by atoms with Gasteiger partial charge in [-0.05, 0) is 55.2 Å². The Morgan fingerprint density at radius 2 is 1.96 bits per heavy atom. The van der Waals surface area contributed by atoms with Crippen LogP contribution in [0.1, 0.15) is 24.0 Å². The van der Waals surface area contributed by atoms with Crippen molar-refractivity contribution in [3.8, 4) is 0 Å². The minimum absolute atomic E-state index is 0.0216. The molecule has 1 amide bonds. The lowest BCUT2D eigenvalue weighted by Crippen LogP contribution is -2.42. The Morgan fingerprint density at radius 1 is 1.22 bits per heavy atom. The molecule has 1 aliphatic heterocycles. The zero-order chi connectivity index (χ0) is 18.8. The van der Waals surface area contributed by atoms with Crippen molar-refractivity contribution < 1.29 is 14.2 Å². The molecule has 3 aromatic rings. The fourth-order valence-corrected chi connectivity index (χ4v) is 3.62. The number of nitrogens with zero attached hydrogens (tertiary/aromatic N) is 1. The van der Waals surface area contributed by atoms with E-state index >= 15 is 0 Å². The number of hydrogen-bond acceptors (Lipinski definition) is 2. The summed E-state index contributed by atoms with van der Waals surface area (Å²) >= 11 is 0. The molecular formula is C21H24FN4O+. The molecule has 0 saturated carbocycles. The highest BCUT2D eigenvalue weighted by atomic mass is 19.1. The lowest BCUT2D eigenvalue weighted by molar-refractivity contribution is -0.330. The van der Waals surface area contributed by atoms with Crippen LogP contribution in [0.25, 0.3) is 11.0 Å². The van der Waals surface area contributed by atoms with Gasteiger partial charge in [-0.1, -0.05) is 18.2 Å². The molecule has 3 N–H and O–H groups in total. The largest absolute Gasteiger partial charge is 0.355 e. The molecule has 5 nitrogen and oxygen atoms in total. The summed E-state index contributed by atoms with van der Waals surface area (Å²) in [7, 11) is 0. The second-order valence-electron chi connectivity index (χ2n) is 7.25. The first-order valence-electron chi connectivity index (χ1n) is 9.37. The highest BCUT2D eigenvalue weighted by Gasteiger charge is 2.29. The number of carbonyl (C=O) groups excluding carboxylic acids is 1. The molecular weight excluding hydrogens is 343 g/mol. The number of halogens is 1. The van der Waals surface area contributed by atoms with Crippen molar-refractivity contribution in [1.82, 2.24) is 10.3 Å². The van der Waals surface area contributed by atoms with E-state index in [0.29, 0.717) is 6.54 Å². The Balaban J connectivity index is 1.32. The number of rotatable bonds is 4. The molecule has 0 radical (unpaired) electrons. The summed E-state index contributed by atoms with van der Waals surface area (Å²) < 4.78 is 12.9. The van der Waals surface area contributed by atoms with Crippen LogP contribution in [0.4, 0.5) is 10.3 Å². The van der Waals surface area contributed by atoms with Gasteiger partial charge < -0.3 is 5.32 Å². The minimum atomic E-state index is -0.263. The number of aromatic nitrogens is 2. The van der Waals surface area contributed by atoms with E-state index in [9.17, 15) is 9.18 Å². The molecule has 0 unspecified atom stereocenters. The molecule has 1 saturated heterocycles. The number of imidazole rings is 1. The average molecular weight is 367 g/mol. The summed E-state index contributed by atoms with van der Waals surface area (Å²) in [6.45, 7) is 4.18. The molecule has 6 heteroatoms. The summed E-state index contributed by atoms with van der Waals surface area (Å²) in [5.74, 6) is 0.839. The van der Waals surface area contributed by atoms with Gasteiger partial charge in [0.15, 0.2) is 0 Å². The number of fused-ring (bicyclic) bond motifs is 1. The molecule has 1 fully saturated rings. The van der Waals surface area contributed by atoms with E-state index in [1.165, 1.54) is 17.7 Å². The topological polar surface area (TPSA) is 62.3 Å². The zero-order valence-electron chi connectivity index (χ0n) is 15.4. The number of benzene rings is 2. The molecule has 27 heavy (non-hydrogen) atoms. The molecule has 0 bridgehead atoms. The maximum Gasteiger partial charge on any atom is 0.355 e. The molecule has 4 rings (SSSR count). The van der Waals surface area contributed by atoms with Crippen molar-refractivity contribution in [2.75, 3.05) is 18.0 Å². The van der Waals surface area contributed by atoms with Crippen LogP contribution in [0.15, 0.2) is 42.5 Å². The van der Waals surface area contributed by atoms with Crippen molar-refractivity contribution in [3.05, 3.63) is 59.4 Å². The molecule has 2 aromatic carbocycles. The molecule has 140 valence electrons. The maximum atomic E-state index is 12.9. The Bertz CT molecular complexity index is 942. The Morgan fingerprint density at radius 3 is 2.70 bits per heavy atom. The van der Waals surface area contributed by atoms with E-state index in [0.717, 1.165) is 48.5 Å². The number of aryl methyl sites for hydroxylation is 1. The highest BCUT2D eigenvalue weighted by Crippen LogP contribution is 2.22. The predicted octanol–water partition coefficient (Wildman–Crippen LogP) is 2.96. The monoisotopic (exact) mass is 367 g/mol. The summed E-state index contributed by atoms with van der Waals surface area (Å²) in [6.07, 6.45) is 1.63. The number of aromatic amines is 2. The normalized spacial score (nSPS) is 15.3. The smallest absolute Gasteiger partial charge is 0.352 e. The van der Waals surface area contributed by atoms with Gasteiger partial charge in [0, 0.05) is 12.5 Å². The van der Waals surface area contributed by atoms with Crippen molar-refractivity contribution in [2.45, 2.75) is 26.3 Å². The van der Waals surface area contributed by atoms with E-state index < -0.39 is 0 Å². The van der Waals surface area contributed by atoms with Crippen LogP contribution in [0, 0.1) is 18.7 Å². The van der Waals surface area contributed by atoms with E-state index in [-0.39, 0.29) is 17.6 Å².